The first-order valence-corrected chi connectivity index (χ1v) is 8.91. The Labute approximate surface area is 144 Å². The van der Waals surface area contributed by atoms with E-state index in [4.69, 9.17) is 9.84 Å². The van der Waals surface area contributed by atoms with E-state index in [9.17, 15) is 0 Å². The summed E-state index contributed by atoms with van der Waals surface area (Å²) in [5.74, 6) is 0.528. The maximum atomic E-state index is 6.01. The molecule has 3 unspecified atom stereocenters. The lowest BCUT2D eigenvalue weighted by Crippen LogP contribution is -2.32. The molecule has 3 nitrogen and oxygen atoms in total. The normalized spacial score (nSPS) is 26.7. The molecule has 2 saturated heterocycles. The van der Waals surface area contributed by atoms with Gasteiger partial charge in [-0.2, -0.15) is 5.10 Å². The van der Waals surface area contributed by atoms with E-state index in [1.54, 1.807) is 0 Å². The van der Waals surface area contributed by atoms with E-state index in [0.29, 0.717) is 12.0 Å². The Morgan fingerprint density at radius 2 is 1.79 bits per heavy atom. The molecule has 0 aliphatic carbocycles. The first-order valence-electron chi connectivity index (χ1n) is 8.91. The zero-order valence-electron chi connectivity index (χ0n) is 13.9. The monoisotopic (exact) mass is 320 g/mol. The largest absolute Gasteiger partial charge is 0.372 e. The van der Waals surface area contributed by atoms with Crippen LogP contribution in [0.5, 0.6) is 0 Å². The highest BCUT2D eigenvalue weighted by atomic mass is 16.5. The molecule has 2 heterocycles. The van der Waals surface area contributed by atoms with Crippen molar-refractivity contribution in [1.82, 2.24) is 5.01 Å². The molecule has 0 N–H and O–H groups in total. The second-order valence-electron chi connectivity index (χ2n) is 6.74. The van der Waals surface area contributed by atoms with Crippen LogP contribution >= 0.6 is 0 Å². The zero-order valence-corrected chi connectivity index (χ0v) is 13.9. The molecular formula is C21H24N2O. The summed E-state index contributed by atoms with van der Waals surface area (Å²) >= 11 is 0. The van der Waals surface area contributed by atoms with Gasteiger partial charge in [0.1, 0.15) is 0 Å². The second kappa shape index (κ2) is 7.18. The summed E-state index contributed by atoms with van der Waals surface area (Å²) in [6, 6.07) is 21.8. The van der Waals surface area contributed by atoms with Gasteiger partial charge in [-0.25, -0.2) is 0 Å². The van der Waals surface area contributed by atoms with Crippen LogP contribution in [-0.2, 0) is 11.2 Å². The molecule has 0 saturated carbocycles. The minimum absolute atomic E-state index is 0.135. The first kappa shape index (κ1) is 15.4. The third-order valence-corrected chi connectivity index (χ3v) is 4.97. The average molecular weight is 320 g/mol. The fourth-order valence-corrected chi connectivity index (χ4v) is 3.53. The fraction of sp³-hybridized carbons (Fsp3) is 0.381. The Morgan fingerprint density at radius 1 is 1.04 bits per heavy atom. The van der Waals surface area contributed by atoms with Crippen molar-refractivity contribution in [2.24, 2.45) is 11.0 Å². The molecule has 4 rings (SSSR count). The van der Waals surface area contributed by atoms with Crippen LogP contribution in [0.2, 0.25) is 0 Å². The number of hydrogen-bond acceptors (Lipinski definition) is 3. The third kappa shape index (κ3) is 3.68. The molecule has 0 amide bonds. The van der Waals surface area contributed by atoms with Crippen molar-refractivity contribution in [3.8, 4) is 0 Å². The van der Waals surface area contributed by atoms with Crippen molar-refractivity contribution in [3.63, 3.8) is 0 Å². The fourth-order valence-electron chi connectivity index (χ4n) is 3.53. The maximum Gasteiger partial charge on any atom is 0.0974 e. The lowest BCUT2D eigenvalue weighted by molar-refractivity contribution is 0.0184. The van der Waals surface area contributed by atoms with Crippen LogP contribution < -0.4 is 0 Å². The van der Waals surface area contributed by atoms with Crippen molar-refractivity contribution < 1.29 is 4.74 Å². The van der Waals surface area contributed by atoms with Gasteiger partial charge < -0.3 is 4.74 Å². The lowest BCUT2D eigenvalue weighted by Gasteiger charge is -2.29. The van der Waals surface area contributed by atoms with Crippen molar-refractivity contribution in [2.75, 3.05) is 13.2 Å². The van der Waals surface area contributed by atoms with Gasteiger partial charge in [0, 0.05) is 6.61 Å². The van der Waals surface area contributed by atoms with Crippen LogP contribution in [0, 0.1) is 5.92 Å². The quantitative estimate of drug-likeness (QED) is 0.613. The van der Waals surface area contributed by atoms with Crippen molar-refractivity contribution in [2.45, 2.75) is 31.4 Å². The Kier molecular flexibility index (Phi) is 4.61. The highest BCUT2D eigenvalue weighted by molar-refractivity contribution is 5.63. The maximum absolute atomic E-state index is 6.01. The minimum Gasteiger partial charge on any atom is -0.372 e. The van der Waals surface area contributed by atoms with E-state index < -0.39 is 0 Å². The molecule has 124 valence electrons. The van der Waals surface area contributed by atoms with Crippen LogP contribution in [0.15, 0.2) is 65.8 Å². The highest BCUT2D eigenvalue weighted by Crippen LogP contribution is 2.35. The number of benzene rings is 2. The molecule has 2 fully saturated rings. The predicted molar refractivity (Wildman–Crippen MR) is 97.0 cm³/mol. The Hall–Kier alpha value is -2.13. The molecule has 2 aliphatic rings. The first-order chi connectivity index (χ1) is 11.9. The van der Waals surface area contributed by atoms with Crippen molar-refractivity contribution in [3.05, 3.63) is 71.8 Å². The topological polar surface area (TPSA) is 24.6 Å². The molecule has 3 heteroatoms. The Bertz CT molecular complexity index is 671. The second-order valence-corrected chi connectivity index (χ2v) is 6.74. The number of nitrogens with zero attached hydrogens (tertiary/aromatic N) is 2. The van der Waals surface area contributed by atoms with E-state index in [0.717, 1.165) is 26.0 Å². The van der Waals surface area contributed by atoms with Gasteiger partial charge in [0.2, 0.25) is 0 Å². The molecular weight excluding hydrogens is 296 g/mol. The summed E-state index contributed by atoms with van der Waals surface area (Å²) in [5.41, 5.74) is 2.74. The van der Waals surface area contributed by atoms with Crippen molar-refractivity contribution >= 4 is 6.21 Å². The molecule has 2 aromatic carbocycles. The van der Waals surface area contributed by atoms with Gasteiger partial charge in [-0.3, -0.25) is 5.01 Å². The Morgan fingerprint density at radius 3 is 2.58 bits per heavy atom. The summed E-state index contributed by atoms with van der Waals surface area (Å²) in [4.78, 5) is 0. The van der Waals surface area contributed by atoms with Gasteiger partial charge in [0.15, 0.2) is 0 Å². The molecule has 0 bridgehead atoms. The minimum atomic E-state index is 0.135. The number of rotatable bonds is 5. The van der Waals surface area contributed by atoms with Gasteiger partial charge in [-0.05, 0) is 36.3 Å². The summed E-state index contributed by atoms with van der Waals surface area (Å²) in [5, 5.41) is 6.84. The van der Waals surface area contributed by atoms with Gasteiger partial charge >= 0.3 is 0 Å². The van der Waals surface area contributed by atoms with Crippen LogP contribution in [0.1, 0.15) is 30.0 Å². The summed E-state index contributed by atoms with van der Waals surface area (Å²) in [7, 11) is 0. The molecule has 0 aromatic heterocycles. The molecule has 0 radical (unpaired) electrons. The predicted octanol–water partition coefficient (Wildman–Crippen LogP) is 4.07. The Balaban J connectivity index is 1.37. The lowest BCUT2D eigenvalue weighted by atomic mass is 9.88. The molecule has 3 atom stereocenters. The van der Waals surface area contributed by atoms with E-state index in [1.807, 2.05) is 6.21 Å². The summed E-state index contributed by atoms with van der Waals surface area (Å²) < 4.78 is 6.01. The average Bonchev–Trinajstić information content (AvgIpc) is 3.42. The standard InChI is InChI=1S/C21H24N2O/c1-3-8-17(9-4-1)14-19-12-7-13-24-21(19)15-22-23-16-20(23)18-10-5-2-6-11-18/h1-6,8-11,15,19-21H,7,12-14,16H2/b22-15+. The van der Waals surface area contributed by atoms with Crippen LogP contribution in [0.25, 0.3) is 0 Å². The zero-order chi connectivity index (χ0) is 16.2. The van der Waals surface area contributed by atoms with Gasteiger partial charge in [0.05, 0.1) is 24.9 Å². The number of ether oxygens (including phenoxy) is 1. The smallest absolute Gasteiger partial charge is 0.0974 e. The number of hydrazone groups is 1. The summed E-state index contributed by atoms with van der Waals surface area (Å²) in [6.07, 6.45) is 5.61. The van der Waals surface area contributed by atoms with Gasteiger partial charge in [0.25, 0.3) is 0 Å². The summed E-state index contributed by atoms with van der Waals surface area (Å²) in [6.45, 7) is 1.86. The van der Waals surface area contributed by atoms with Crippen LogP contribution in [0.3, 0.4) is 0 Å². The van der Waals surface area contributed by atoms with Gasteiger partial charge in [-0.1, -0.05) is 60.7 Å². The SMILES string of the molecule is C(=N\N1CC1c1ccccc1)/C1OCCCC1Cc1ccccc1. The molecule has 24 heavy (non-hydrogen) atoms. The third-order valence-electron chi connectivity index (χ3n) is 4.97. The van der Waals surface area contributed by atoms with Crippen LogP contribution in [0.4, 0.5) is 0 Å². The van der Waals surface area contributed by atoms with E-state index >= 15 is 0 Å². The van der Waals surface area contributed by atoms with E-state index in [2.05, 4.69) is 65.7 Å². The number of hydrogen-bond donors (Lipinski definition) is 0. The van der Waals surface area contributed by atoms with Crippen molar-refractivity contribution in [1.29, 1.82) is 0 Å². The van der Waals surface area contributed by atoms with Crippen LogP contribution in [-0.4, -0.2) is 30.5 Å². The molecule has 2 aromatic rings. The van der Waals surface area contributed by atoms with Gasteiger partial charge in [-0.15, -0.1) is 0 Å². The molecule has 0 spiro atoms. The van der Waals surface area contributed by atoms with E-state index in [1.165, 1.54) is 17.5 Å². The molecule has 2 aliphatic heterocycles. The van der Waals surface area contributed by atoms with E-state index in [-0.39, 0.29) is 6.10 Å². The highest BCUT2D eigenvalue weighted by Gasteiger charge is 2.34.